The maximum Gasteiger partial charge on any atom is 0.243 e. The SMILES string of the molecule is O=C(CCc1ccc(S(=O)(=O)N2CCCCC2)cc1)N1CCC(COc2ccccc2)CC1. The molecule has 7 heteroatoms. The van der Waals surface area contributed by atoms with E-state index in [-0.39, 0.29) is 5.91 Å². The molecule has 0 radical (unpaired) electrons. The van der Waals surface area contributed by atoms with Gasteiger partial charge in [-0.15, -0.1) is 0 Å². The van der Waals surface area contributed by atoms with Gasteiger partial charge in [-0.25, -0.2) is 8.42 Å². The van der Waals surface area contributed by atoms with Gasteiger partial charge >= 0.3 is 0 Å². The third kappa shape index (κ3) is 6.36. The number of piperidine rings is 2. The highest BCUT2D eigenvalue weighted by molar-refractivity contribution is 7.89. The second-order valence-electron chi connectivity index (χ2n) is 9.06. The summed E-state index contributed by atoms with van der Waals surface area (Å²) < 4.78 is 33.0. The number of sulfonamides is 1. The van der Waals surface area contributed by atoms with E-state index >= 15 is 0 Å². The molecular formula is C26H34N2O4S. The van der Waals surface area contributed by atoms with Crippen LogP contribution in [0.5, 0.6) is 5.75 Å². The zero-order chi connectivity index (χ0) is 23.1. The second kappa shape index (κ2) is 11.2. The smallest absolute Gasteiger partial charge is 0.243 e. The lowest BCUT2D eigenvalue weighted by atomic mass is 9.97. The van der Waals surface area contributed by atoms with E-state index in [2.05, 4.69) is 0 Å². The topological polar surface area (TPSA) is 66.9 Å². The fraction of sp³-hybridized carbons (Fsp3) is 0.500. The third-order valence-electron chi connectivity index (χ3n) is 6.70. The van der Waals surface area contributed by atoms with Crippen LogP contribution in [0, 0.1) is 5.92 Å². The van der Waals surface area contributed by atoms with Crippen LogP contribution in [0.1, 0.15) is 44.1 Å². The van der Waals surface area contributed by atoms with Gasteiger partial charge in [0.25, 0.3) is 0 Å². The molecule has 2 aromatic rings. The van der Waals surface area contributed by atoms with Crippen molar-refractivity contribution in [2.24, 2.45) is 5.92 Å². The number of likely N-dealkylation sites (tertiary alicyclic amines) is 1. The zero-order valence-electron chi connectivity index (χ0n) is 19.2. The van der Waals surface area contributed by atoms with Crippen LogP contribution in [-0.4, -0.2) is 56.3 Å². The fourth-order valence-electron chi connectivity index (χ4n) is 4.57. The van der Waals surface area contributed by atoms with Crippen LogP contribution < -0.4 is 4.74 Å². The summed E-state index contributed by atoms with van der Waals surface area (Å²) in [7, 11) is -3.41. The first kappa shape index (κ1) is 23.8. The first-order valence-electron chi connectivity index (χ1n) is 12.1. The molecule has 0 saturated carbocycles. The zero-order valence-corrected chi connectivity index (χ0v) is 20.0. The number of carbonyl (C=O) groups is 1. The second-order valence-corrected chi connectivity index (χ2v) is 11.0. The lowest BCUT2D eigenvalue weighted by molar-refractivity contribution is -0.132. The number of aryl methyl sites for hydroxylation is 1. The largest absolute Gasteiger partial charge is 0.493 e. The number of hydrogen-bond acceptors (Lipinski definition) is 4. The molecule has 0 unspecified atom stereocenters. The van der Waals surface area contributed by atoms with Crippen LogP contribution in [0.4, 0.5) is 0 Å². The maximum atomic E-state index is 12.8. The Morgan fingerprint density at radius 1 is 0.879 bits per heavy atom. The van der Waals surface area contributed by atoms with Gasteiger partial charge in [0.2, 0.25) is 15.9 Å². The van der Waals surface area contributed by atoms with Crippen molar-refractivity contribution in [3.8, 4) is 5.75 Å². The number of hydrogen-bond donors (Lipinski definition) is 0. The van der Waals surface area contributed by atoms with E-state index in [0.29, 0.717) is 43.4 Å². The molecule has 4 rings (SSSR count). The van der Waals surface area contributed by atoms with Crippen molar-refractivity contribution in [3.05, 3.63) is 60.2 Å². The third-order valence-corrected chi connectivity index (χ3v) is 8.61. The van der Waals surface area contributed by atoms with Crippen LogP contribution in [0.15, 0.2) is 59.5 Å². The number of ether oxygens (including phenoxy) is 1. The highest BCUT2D eigenvalue weighted by Crippen LogP contribution is 2.22. The monoisotopic (exact) mass is 470 g/mol. The fourth-order valence-corrected chi connectivity index (χ4v) is 6.09. The standard InChI is InChI=1S/C26H34N2O4S/c29-26(27-19-15-23(16-20-27)21-32-24-7-3-1-4-8-24)14-11-22-9-12-25(13-10-22)33(30,31)28-17-5-2-6-18-28/h1,3-4,7-10,12-13,23H,2,5-6,11,14-21H2. The van der Waals surface area contributed by atoms with Gasteiger partial charge in [0.15, 0.2) is 0 Å². The van der Waals surface area contributed by atoms with Crippen molar-refractivity contribution in [1.29, 1.82) is 0 Å². The van der Waals surface area contributed by atoms with Crippen molar-refractivity contribution in [3.63, 3.8) is 0 Å². The number of benzene rings is 2. The summed E-state index contributed by atoms with van der Waals surface area (Å²) in [5, 5.41) is 0. The van der Waals surface area contributed by atoms with Crippen LogP contribution in [0.3, 0.4) is 0 Å². The minimum absolute atomic E-state index is 0.169. The summed E-state index contributed by atoms with van der Waals surface area (Å²) in [6, 6.07) is 16.9. The molecule has 2 saturated heterocycles. The van der Waals surface area contributed by atoms with Crippen LogP contribution in [-0.2, 0) is 21.2 Å². The minimum atomic E-state index is -3.41. The summed E-state index contributed by atoms with van der Waals surface area (Å²) in [5.74, 6) is 1.54. The molecule has 0 bridgehead atoms. The molecule has 1 amide bonds. The summed E-state index contributed by atoms with van der Waals surface area (Å²) in [6.45, 7) is 3.45. The van der Waals surface area contributed by atoms with Gasteiger partial charge in [-0.1, -0.05) is 36.8 Å². The Balaban J connectivity index is 1.20. The van der Waals surface area contributed by atoms with Crippen LogP contribution >= 0.6 is 0 Å². The molecule has 0 atom stereocenters. The normalized spacial score (nSPS) is 18.2. The molecular weight excluding hydrogens is 436 g/mol. The first-order chi connectivity index (χ1) is 16.0. The minimum Gasteiger partial charge on any atom is -0.493 e. The number of carbonyl (C=O) groups excluding carboxylic acids is 1. The molecule has 0 spiro atoms. The van der Waals surface area contributed by atoms with E-state index < -0.39 is 10.0 Å². The lowest BCUT2D eigenvalue weighted by Crippen LogP contribution is -2.39. The predicted octanol–water partition coefficient (Wildman–Crippen LogP) is 4.11. The number of amides is 1. The van der Waals surface area contributed by atoms with Gasteiger partial charge in [0, 0.05) is 32.6 Å². The highest BCUT2D eigenvalue weighted by Gasteiger charge is 2.26. The number of nitrogens with zero attached hydrogens (tertiary/aromatic N) is 2. The van der Waals surface area contributed by atoms with Gasteiger partial charge in [-0.05, 0) is 67.9 Å². The summed E-state index contributed by atoms with van der Waals surface area (Å²) in [5.41, 5.74) is 0.993. The molecule has 2 heterocycles. The number of rotatable bonds is 8. The van der Waals surface area contributed by atoms with E-state index in [4.69, 9.17) is 4.74 Å². The van der Waals surface area contributed by atoms with Gasteiger partial charge < -0.3 is 9.64 Å². The Kier molecular flexibility index (Phi) is 8.04. The Bertz CT molecular complexity index is 994. The van der Waals surface area contributed by atoms with Gasteiger partial charge in [0.05, 0.1) is 11.5 Å². The lowest BCUT2D eigenvalue weighted by Gasteiger charge is -2.32. The molecule has 178 valence electrons. The predicted molar refractivity (Wildman–Crippen MR) is 129 cm³/mol. The Morgan fingerprint density at radius 3 is 2.21 bits per heavy atom. The Labute approximate surface area is 197 Å². The van der Waals surface area contributed by atoms with E-state index in [1.54, 1.807) is 16.4 Å². The van der Waals surface area contributed by atoms with Gasteiger partial charge in [0.1, 0.15) is 5.75 Å². The summed E-state index contributed by atoms with van der Waals surface area (Å²) in [6.07, 6.45) is 5.94. The van der Waals surface area contributed by atoms with Crippen molar-refractivity contribution in [1.82, 2.24) is 9.21 Å². The maximum absolute atomic E-state index is 12.8. The molecule has 0 aromatic heterocycles. The molecule has 2 aliphatic heterocycles. The van der Waals surface area contributed by atoms with Gasteiger partial charge in [-0.3, -0.25) is 4.79 Å². The Hall–Kier alpha value is -2.38. The van der Waals surface area contributed by atoms with Crippen molar-refractivity contribution < 1.29 is 17.9 Å². The Morgan fingerprint density at radius 2 is 1.55 bits per heavy atom. The van der Waals surface area contributed by atoms with E-state index in [1.807, 2.05) is 47.4 Å². The van der Waals surface area contributed by atoms with Gasteiger partial charge in [-0.2, -0.15) is 4.31 Å². The average molecular weight is 471 g/mol. The van der Waals surface area contributed by atoms with Crippen LogP contribution in [0.2, 0.25) is 0 Å². The quantitative estimate of drug-likeness (QED) is 0.582. The highest BCUT2D eigenvalue weighted by atomic mass is 32.2. The van der Waals surface area contributed by atoms with E-state index in [1.165, 1.54) is 0 Å². The van der Waals surface area contributed by atoms with Crippen LogP contribution in [0.25, 0.3) is 0 Å². The molecule has 0 N–H and O–H groups in total. The average Bonchev–Trinajstić information content (AvgIpc) is 2.88. The van der Waals surface area contributed by atoms with E-state index in [0.717, 1.165) is 56.5 Å². The van der Waals surface area contributed by atoms with Crippen molar-refractivity contribution >= 4 is 15.9 Å². The molecule has 2 aliphatic rings. The van der Waals surface area contributed by atoms with Crippen molar-refractivity contribution in [2.45, 2.75) is 49.8 Å². The number of para-hydroxylation sites is 1. The molecule has 2 aromatic carbocycles. The summed E-state index contributed by atoms with van der Waals surface area (Å²) >= 11 is 0. The molecule has 6 nitrogen and oxygen atoms in total. The summed E-state index contributed by atoms with van der Waals surface area (Å²) in [4.78, 5) is 15.0. The van der Waals surface area contributed by atoms with E-state index in [9.17, 15) is 13.2 Å². The molecule has 0 aliphatic carbocycles. The van der Waals surface area contributed by atoms with Crippen molar-refractivity contribution in [2.75, 3.05) is 32.8 Å². The molecule has 33 heavy (non-hydrogen) atoms. The first-order valence-corrected chi connectivity index (χ1v) is 13.5. The molecule has 2 fully saturated rings.